The Labute approximate surface area is 125 Å². The van der Waals surface area contributed by atoms with E-state index in [0.29, 0.717) is 13.2 Å². The lowest BCUT2D eigenvalue weighted by molar-refractivity contribution is -0.112. The van der Waals surface area contributed by atoms with E-state index in [4.69, 9.17) is 24.8 Å². The molecule has 118 valence electrons. The summed E-state index contributed by atoms with van der Waals surface area (Å²) < 4.78 is 22.1. The number of hydrogen-bond acceptors (Lipinski definition) is 6. The molecule has 1 atom stereocenters. The predicted molar refractivity (Wildman–Crippen MR) is 79.4 cm³/mol. The number of rotatable bonds is 6. The van der Waals surface area contributed by atoms with Crippen molar-refractivity contribution < 1.29 is 18.9 Å². The van der Waals surface area contributed by atoms with Crippen LogP contribution in [0.2, 0.25) is 0 Å². The Morgan fingerprint density at radius 2 is 1.90 bits per heavy atom. The number of nitrogens with one attached hydrogen (secondary N) is 1. The fourth-order valence-corrected chi connectivity index (χ4v) is 2.92. The fraction of sp³-hybridized carbons (Fsp3) is 0.600. The Kier molecular flexibility index (Phi) is 5.41. The fourth-order valence-electron chi connectivity index (χ4n) is 2.92. The monoisotopic (exact) mass is 296 g/mol. The third-order valence-corrected chi connectivity index (χ3v) is 4.19. The first-order valence-electron chi connectivity index (χ1n) is 7.01. The van der Waals surface area contributed by atoms with Crippen molar-refractivity contribution in [2.45, 2.75) is 24.5 Å². The maximum atomic E-state index is 5.84. The summed E-state index contributed by atoms with van der Waals surface area (Å²) in [7, 11) is 4.99. The highest BCUT2D eigenvalue weighted by Gasteiger charge is 2.42. The van der Waals surface area contributed by atoms with Crippen molar-refractivity contribution in [3.63, 3.8) is 0 Å². The number of benzene rings is 1. The van der Waals surface area contributed by atoms with Gasteiger partial charge in [0.05, 0.1) is 25.9 Å². The lowest BCUT2D eigenvalue weighted by Gasteiger charge is -2.42. The van der Waals surface area contributed by atoms with Crippen molar-refractivity contribution in [3.05, 3.63) is 23.8 Å². The van der Waals surface area contributed by atoms with Gasteiger partial charge in [-0.2, -0.15) is 0 Å². The lowest BCUT2D eigenvalue weighted by Crippen LogP contribution is -2.51. The third kappa shape index (κ3) is 3.13. The smallest absolute Gasteiger partial charge is 0.124 e. The van der Waals surface area contributed by atoms with Gasteiger partial charge in [0.2, 0.25) is 0 Å². The molecule has 1 aromatic carbocycles. The molecule has 3 N–H and O–H groups in total. The van der Waals surface area contributed by atoms with Crippen LogP contribution in [-0.2, 0) is 9.47 Å². The zero-order valence-electron chi connectivity index (χ0n) is 12.8. The Morgan fingerprint density at radius 3 is 2.43 bits per heavy atom. The normalized spacial score (nSPS) is 19.0. The van der Waals surface area contributed by atoms with E-state index in [1.165, 1.54) is 0 Å². The van der Waals surface area contributed by atoms with E-state index in [1.54, 1.807) is 21.3 Å². The summed E-state index contributed by atoms with van der Waals surface area (Å²) in [5.74, 6) is 7.35. The van der Waals surface area contributed by atoms with Crippen molar-refractivity contribution >= 4 is 0 Å². The Balaban J connectivity index is 2.43. The molecule has 2 rings (SSSR count). The van der Waals surface area contributed by atoms with Crippen LogP contribution in [0.4, 0.5) is 0 Å². The Bertz CT molecular complexity index is 461. The largest absolute Gasteiger partial charge is 0.497 e. The molecule has 1 aliphatic heterocycles. The maximum Gasteiger partial charge on any atom is 0.124 e. The minimum Gasteiger partial charge on any atom is -0.497 e. The van der Waals surface area contributed by atoms with Crippen molar-refractivity contribution in [2.24, 2.45) is 5.84 Å². The van der Waals surface area contributed by atoms with E-state index < -0.39 is 5.60 Å². The van der Waals surface area contributed by atoms with Gasteiger partial charge in [-0.15, -0.1) is 0 Å². The quantitative estimate of drug-likeness (QED) is 0.610. The number of hydrogen-bond donors (Lipinski definition) is 2. The molecular formula is C15H24N2O4. The molecule has 0 saturated carbocycles. The van der Waals surface area contributed by atoms with E-state index in [1.807, 2.05) is 18.2 Å². The second-order valence-corrected chi connectivity index (χ2v) is 5.09. The molecule has 6 heteroatoms. The third-order valence-electron chi connectivity index (χ3n) is 4.19. The molecule has 0 radical (unpaired) electrons. The molecule has 1 fully saturated rings. The van der Waals surface area contributed by atoms with Gasteiger partial charge >= 0.3 is 0 Å². The van der Waals surface area contributed by atoms with Gasteiger partial charge in [-0.25, -0.2) is 5.43 Å². The molecule has 1 saturated heterocycles. The molecule has 1 unspecified atom stereocenters. The highest BCUT2D eigenvalue weighted by atomic mass is 16.5. The molecular weight excluding hydrogens is 272 g/mol. The topological polar surface area (TPSA) is 75.0 Å². The van der Waals surface area contributed by atoms with Crippen LogP contribution in [0.15, 0.2) is 18.2 Å². The standard InChI is InChI=1S/C15H24N2O4/c1-18-11-4-5-13(19-2)12(10-11)14(17-16)15(20-3)6-8-21-9-7-15/h4-5,10,14,17H,6-9,16H2,1-3H3. The van der Waals surface area contributed by atoms with Gasteiger partial charge in [-0.05, 0) is 18.2 Å². The zero-order valence-corrected chi connectivity index (χ0v) is 12.8. The van der Waals surface area contributed by atoms with Crippen LogP contribution in [0.25, 0.3) is 0 Å². The van der Waals surface area contributed by atoms with E-state index >= 15 is 0 Å². The molecule has 0 amide bonds. The number of ether oxygens (including phenoxy) is 4. The highest BCUT2D eigenvalue weighted by Crippen LogP contribution is 2.41. The highest BCUT2D eigenvalue weighted by molar-refractivity contribution is 5.43. The van der Waals surface area contributed by atoms with Gasteiger partial charge < -0.3 is 18.9 Å². The first-order chi connectivity index (χ1) is 10.2. The molecule has 0 aromatic heterocycles. The van der Waals surface area contributed by atoms with E-state index in [0.717, 1.165) is 29.9 Å². The van der Waals surface area contributed by atoms with Gasteiger partial charge in [0, 0.05) is 38.7 Å². The number of hydrazine groups is 1. The lowest BCUT2D eigenvalue weighted by atomic mass is 9.82. The first-order valence-corrected chi connectivity index (χ1v) is 7.01. The van der Waals surface area contributed by atoms with Crippen molar-refractivity contribution in [1.29, 1.82) is 0 Å². The van der Waals surface area contributed by atoms with Crippen LogP contribution in [0.3, 0.4) is 0 Å². The van der Waals surface area contributed by atoms with Crippen molar-refractivity contribution in [3.8, 4) is 11.5 Å². The van der Waals surface area contributed by atoms with Gasteiger partial charge in [0.15, 0.2) is 0 Å². The van der Waals surface area contributed by atoms with Crippen molar-refractivity contribution in [1.82, 2.24) is 5.43 Å². The van der Waals surface area contributed by atoms with Crippen LogP contribution in [0.1, 0.15) is 24.4 Å². The van der Waals surface area contributed by atoms with Gasteiger partial charge in [-0.3, -0.25) is 5.84 Å². The summed E-state index contributed by atoms with van der Waals surface area (Å²) in [6.07, 6.45) is 1.53. The summed E-state index contributed by atoms with van der Waals surface area (Å²) in [5.41, 5.74) is 3.39. The Hall–Kier alpha value is -1.34. The predicted octanol–water partition coefficient (Wildman–Crippen LogP) is 1.40. The summed E-state index contributed by atoms with van der Waals surface area (Å²) in [6.45, 7) is 1.30. The van der Waals surface area contributed by atoms with Gasteiger partial charge in [0.1, 0.15) is 11.5 Å². The summed E-state index contributed by atoms with van der Waals surface area (Å²) >= 11 is 0. The molecule has 0 aliphatic carbocycles. The number of methoxy groups -OCH3 is 3. The van der Waals surface area contributed by atoms with Crippen molar-refractivity contribution in [2.75, 3.05) is 34.5 Å². The van der Waals surface area contributed by atoms with E-state index in [9.17, 15) is 0 Å². The molecule has 0 spiro atoms. The zero-order chi connectivity index (χ0) is 15.3. The molecule has 1 heterocycles. The summed E-state index contributed by atoms with van der Waals surface area (Å²) in [5, 5.41) is 0. The average molecular weight is 296 g/mol. The van der Waals surface area contributed by atoms with Crippen LogP contribution in [-0.4, -0.2) is 40.1 Å². The summed E-state index contributed by atoms with van der Waals surface area (Å²) in [4.78, 5) is 0. The molecule has 6 nitrogen and oxygen atoms in total. The minimum atomic E-state index is -0.424. The van der Waals surface area contributed by atoms with Crippen LogP contribution in [0, 0.1) is 0 Å². The SMILES string of the molecule is COc1ccc(OC)c(C(NN)C2(OC)CCOCC2)c1. The van der Waals surface area contributed by atoms with Gasteiger partial charge in [0.25, 0.3) is 0 Å². The molecule has 1 aliphatic rings. The average Bonchev–Trinajstić information content (AvgIpc) is 2.56. The maximum absolute atomic E-state index is 5.84. The number of nitrogens with two attached hydrogens (primary N) is 1. The van der Waals surface area contributed by atoms with E-state index in [2.05, 4.69) is 5.43 Å². The summed E-state index contributed by atoms with van der Waals surface area (Å²) in [6, 6.07) is 5.46. The first kappa shape index (κ1) is 16.0. The van der Waals surface area contributed by atoms with Crippen LogP contribution < -0.4 is 20.7 Å². The second kappa shape index (κ2) is 7.09. The Morgan fingerprint density at radius 1 is 1.19 bits per heavy atom. The van der Waals surface area contributed by atoms with Crippen LogP contribution in [0.5, 0.6) is 11.5 Å². The van der Waals surface area contributed by atoms with Gasteiger partial charge in [-0.1, -0.05) is 0 Å². The van der Waals surface area contributed by atoms with Crippen LogP contribution >= 0.6 is 0 Å². The molecule has 0 bridgehead atoms. The second-order valence-electron chi connectivity index (χ2n) is 5.09. The minimum absolute atomic E-state index is 0.212. The molecule has 21 heavy (non-hydrogen) atoms. The van der Waals surface area contributed by atoms with E-state index in [-0.39, 0.29) is 6.04 Å². The molecule has 1 aromatic rings.